The van der Waals surface area contributed by atoms with E-state index < -0.39 is 0 Å². The van der Waals surface area contributed by atoms with Gasteiger partial charge in [0.05, 0.1) is 6.10 Å². The molecule has 0 aromatic heterocycles. The summed E-state index contributed by atoms with van der Waals surface area (Å²) in [7, 11) is 0. The first kappa shape index (κ1) is 16.3. The summed E-state index contributed by atoms with van der Waals surface area (Å²) < 4.78 is 0. The Balaban J connectivity index is 1.98. The maximum atomic E-state index is 9.71. The van der Waals surface area contributed by atoms with E-state index in [-0.39, 0.29) is 6.10 Å². The van der Waals surface area contributed by atoms with Gasteiger partial charge in [-0.25, -0.2) is 0 Å². The lowest BCUT2D eigenvalue weighted by Crippen LogP contribution is -2.24. The number of aliphatic hydroxyl groups is 1. The zero-order valence-electron chi connectivity index (χ0n) is 13.7. The van der Waals surface area contributed by atoms with Gasteiger partial charge in [0.1, 0.15) is 0 Å². The predicted molar refractivity (Wildman–Crippen MR) is 89.8 cm³/mol. The van der Waals surface area contributed by atoms with Crippen LogP contribution in [-0.2, 0) is 0 Å². The molecule has 0 spiro atoms. The third-order valence-electron chi connectivity index (χ3n) is 4.62. The van der Waals surface area contributed by atoms with Crippen molar-refractivity contribution >= 4 is 5.69 Å². The van der Waals surface area contributed by atoms with Gasteiger partial charge in [0.2, 0.25) is 0 Å². The molecule has 1 aliphatic heterocycles. The topological polar surface area (TPSA) is 35.5 Å². The second-order valence-corrected chi connectivity index (χ2v) is 6.24. The van der Waals surface area contributed by atoms with Crippen LogP contribution in [-0.4, -0.2) is 30.8 Å². The van der Waals surface area contributed by atoms with Crippen LogP contribution in [0.15, 0.2) is 24.3 Å². The van der Waals surface area contributed by atoms with E-state index >= 15 is 0 Å². The minimum Gasteiger partial charge on any atom is -0.393 e. The summed E-state index contributed by atoms with van der Waals surface area (Å²) in [4.78, 5) is 2.39. The molecular weight excluding hydrogens is 260 g/mol. The second kappa shape index (κ2) is 7.81. The molecule has 0 radical (unpaired) electrons. The highest BCUT2D eigenvalue weighted by atomic mass is 16.3. The van der Waals surface area contributed by atoms with Crippen molar-refractivity contribution < 1.29 is 5.11 Å². The Kier molecular flexibility index (Phi) is 6.07. The summed E-state index contributed by atoms with van der Waals surface area (Å²) in [5.74, 6) is 0.416. The Morgan fingerprint density at radius 3 is 2.52 bits per heavy atom. The molecule has 1 saturated heterocycles. The third kappa shape index (κ3) is 4.21. The molecule has 1 aromatic rings. The molecule has 3 atom stereocenters. The van der Waals surface area contributed by atoms with Crippen molar-refractivity contribution in [1.29, 1.82) is 0 Å². The Hall–Kier alpha value is -1.06. The Morgan fingerprint density at radius 2 is 2.00 bits per heavy atom. The molecule has 2 rings (SSSR count). The molecule has 0 bridgehead atoms. The van der Waals surface area contributed by atoms with Gasteiger partial charge in [0.25, 0.3) is 0 Å². The fourth-order valence-electron chi connectivity index (χ4n) is 3.15. The van der Waals surface area contributed by atoms with Crippen LogP contribution in [0.25, 0.3) is 0 Å². The highest BCUT2D eigenvalue weighted by molar-refractivity contribution is 5.49. The fraction of sp³-hybridized carbons (Fsp3) is 0.667. The average molecular weight is 290 g/mol. The van der Waals surface area contributed by atoms with Crippen molar-refractivity contribution in [1.82, 2.24) is 5.32 Å². The van der Waals surface area contributed by atoms with Gasteiger partial charge in [-0.05, 0) is 50.4 Å². The smallest absolute Gasteiger partial charge is 0.0557 e. The largest absolute Gasteiger partial charge is 0.393 e. The number of benzene rings is 1. The van der Waals surface area contributed by atoms with E-state index in [1.165, 1.54) is 17.7 Å². The molecular formula is C18H30N2O. The van der Waals surface area contributed by atoms with Gasteiger partial charge in [-0.15, -0.1) is 0 Å². The quantitative estimate of drug-likeness (QED) is 0.808. The zero-order valence-corrected chi connectivity index (χ0v) is 13.7. The van der Waals surface area contributed by atoms with E-state index in [4.69, 9.17) is 0 Å². The van der Waals surface area contributed by atoms with Crippen LogP contribution in [0.3, 0.4) is 0 Å². The first-order valence-corrected chi connectivity index (χ1v) is 8.42. The lowest BCUT2D eigenvalue weighted by molar-refractivity contribution is 0.136. The Bertz CT molecular complexity index is 416. The molecule has 118 valence electrons. The molecule has 3 nitrogen and oxygen atoms in total. The Labute approximate surface area is 129 Å². The summed E-state index contributed by atoms with van der Waals surface area (Å²) in [6.45, 7) is 9.44. The minimum absolute atomic E-state index is 0.197. The van der Waals surface area contributed by atoms with E-state index in [1.807, 2.05) is 6.92 Å². The first-order valence-electron chi connectivity index (χ1n) is 8.42. The molecule has 3 unspecified atom stereocenters. The molecule has 2 N–H and O–H groups in total. The average Bonchev–Trinajstić information content (AvgIpc) is 2.99. The maximum Gasteiger partial charge on any atom is 0.0557 e. The number of anilines is 1. The highest BCUT2D eigenvalue weighted by Gasteiger charge is 2.26. The van der Waals surface area contributed by atoms with Gasteiger partial charge in [-0.2, -0.15) is 0 Å². The highest BCUT2D eigenvalue weighted by Crippen LogP contribution is 2.27. The molecule has 1 aromatic carbocycles. The molecule has 3 heteroatoms. The molecule has 0 aliphatic carbocycles. The molecule has 0 saturated carbocycles. The van der Waals surface area contributed by atoms with Crippen LogP contribution in [0.5, 0.6) is 0 Å². The number of aliphatic hydroxyl groups excluding tert-OH is 1. The van der Waals surface area contributed by atoms with Gasteiger partial charge in [0.15, 0.2) is 0 Å². The lowest BCUT2D eigenvalue weighted by Gasteiger charge is -2.22. The summed E-state index contributed by atoms with van der Waals surface area (Å²) in [6.07, 6.45) is 3.18. The molecule has 1 heterocycles. The first-order chi connectivity index (χ1) is 10.2. The normalized spacial score (nSPS) is 21.5. The van der Waals surface area contributed by atoms with Crippen LogP contribution in [0.4, 0.5) is 5.69 Å². The SMILES string of the molecule is CCCNC(CC)c1ccc(N2CCC(C(C)O)C2)cc1. The van der Waals surface area contributed by atoms with Gasteiger partial charge in [-0.1, -0.05) is 26.0 Å². The molecule has 21 heavy (non-hydrogen) atoms. The van der Waals surface area contributed by atoms with Crippen LogP contribution in [0.1, 0.15) is 51.6 Å². The summed E-state index contributed by atoms with van der Waals surface area (Å²) in [5, 5.41) is 13.3. The van der Waals surface area contributed by atoms with Gasteiger partial charge >= 0.3 is 0 Å². The number of hydrogen-bond donors (Lipinski definition) is 2. The Morgan fingerprint density at radius 1 is 1.29 bits per heavy atom. The van der Waals surface area contributed by atoms with Crippen molar-refractivity contribution in [2.45, 2.75) is 52.2 Å². The number of hydrogen-bond acceptors (Lipinski definition) is 3. The standard InChI is InChI=1S/C18H30N2O/c1-4-11-19-18(5-2)15-6-8-17(9-7-15)20-12-10-16(13-20)14(3)21/h6-9,14,16,18-19,21H,4-5,10-13H2,1-3H3. The van der Waals surface area contributed by atoms with Crippen LogP contribution in [0.2, 0.25) is 0 Å². The van der Waals surface area contributed by atoms with Gasteiger partial charge < -0.3 is 15.3 Å². The fourth-order valence-corrected chi connectivity index (χ4v) is 3.15. The van der Waals surface area contributed by atoms with Crippen molar-refractivity contribution in [3.8, 4) is 0 Å². The van der Waals surface area contributed by atoms with Gasteiger partial charge in [-0.3, -0.25) is 0 Å². The van der Waals surface area contributed by atoms with E-state index in [0.717, 1.165) is 32.5 Å². The molecule has 0 amide bonds. The van der Waals surface area contributed by atoms with Crippen molar-refractivity contribution in [3.05, 3.63) is 29.8 Å². The number of nitrogens with zero attached hydrogens (tertiary/aromatic N) is 1. The van der Waals surface area contributed by atoms with Crippen LogP contribution >= 0.6 is 0 Å². The summed E-state index contributed by atoms with van der Waals surface area (Å²) in [5.41, 5.74) is 2.66. The van der Waals surface area contributed by atoms with Crippen LogP contribution in [0, 0.1) is 5.92 Å². The third-order valence-corrected chi connectivity index (χ3v) is 4.62. The molecule has 1 fully saturated rings. The van der Waals surface area contributed by atoms with E-state index in [0.29, 0.717) is 12.0 Å². The van der Waals surface area contributed by atoms with E-state index in [9.17, 15) is 5.11 Å². The number of nitrogens with one attached hydrogen (secondary N) is 1. The lowest BCUT2D eigenvalue weighted by atomic mass is 10.0. The zero-order chi connectivity index (χ0) is 15.2. The van der Waals surface area contributed by atoms with Crippen molar-refractivity contribution in [2.75, 3.05) is 24.5 Å². The van der Waals surface area contributed by atoms with Crippen LogP contribution < -0.4 is 10.2 Å². The van der Waals surface area contributed by atoms with E-state index in [1.54, 1.807) is 0 Å². The van der Waals surface area contributed by atoms with E-state index in [2.05, 4.69) is 48.3 Å². The monoisotopic (exact) mass is 290 g/mol. The maximum absolute atomic E-state index is 9.71. The minimum atomic E-state index is -0.197. The predicted octanol–water partition coefficient (Wildman–Crippen LogP) is 3.34. The van der Waals surface area contributed by atoms with Crippen molar-refractivity contribution in [2.24, 2.45) is 5.92 Å². The van der Waals surface area contributed by atoms with Crippen molar-refractivity contribution in [3.63, 3.8) is 0 Å². The summed E-state index contributed by atoms with van der Waals surface area (Å²) >= 11 is 0. The summed E-state index contributed by atoms with van der Waals surface area (Å²) in [6, 6.07) is 9.43. The second-order valence-electron chi connectivity index (χ2n) is 6.24. The molecule has 1 aliphatic rings. The van der Waals surface area contributed by atoms with Gasteiger partial charge in [0, 0.05) is 30.7 Å². The number of rotatable bonds is 7.